The highest BCUT2D eigenvalue weighted by atomic mass is 16.2. The summed E-state index contributed by atoms with van der Waals surface area (Å²) in [7, 11) is 0. The van der Waals surface area contributed by atoms with Crippen molar-refractivity contribution in [2.24, 2.45) is 23.7 Å². The van der Waals surface area contributed by atoms with Crippen LogP contribution in [-0.4, -0.2) is 35.7 Å². The third kappa shape index (κ3) is 2.74. The summed E-state index contributed by atoms with van der Waals surface area (Å²) in [5, 5.41) is 2.95. The SMILES string of the molecule is O=C(CN1C(=O)[C@@H]2[C@H](C1=O)[C@H]1C=C[C@H]2C1)Nc1ccccc1N1CCc2ccccc21. The monoisotopic (exact) mass is 413 g/mol. The first-order chi connectivity index (χ1) is 15.1. The van der Waals surface area contributed by atoms with Crippen molar-refractivity contribution in [3.8, 4) is 0 Å². The first-order valence-corrected chi connectivity index (χ1v) is 10.9. The Balaban J connectivity index is 1.21. The smallest absolute Gasteiger partial charge is 0.244 e. The standard InChI is InChI=1S/C25H23N3O3/c29-21(14-28-24(30)22-16-9-10-17(13-16)23(22)25(28)31)26-18-6-2-4-8-20(18)27-12-11-15-5-1-3-7-19(15)27/h1-10,16-17,22-23H,11-14H2,(H,26,29)/t16-,17-,22-,23+/m0/s1. The molecule has 2 heterocycles. The lowest BCUT2D eigenvalue weighted by atomic mass is 9.85. The van der Waals surface area contributed by atoms with Gasteiger partial charge >= 0.3 is 0 Å². The van der Waals surface area contributed by atoms with Gasteiger partial charge in [-0.2, -0.15) is 0 Å². The number of hydrogen-bond donors (Lipinski definition) is 1. The number of amides is 3. The van der Waals surface area contributed by atoms with E-state index >= 15 is 0 Å². The predicted octanol–water partition coefficient (Wildman–Crippen LogP) is 3.13. The van der Waals surface area contributed by atoms with Gasteiger partial charge in [-0.3, -0.25) is 19.3 Å². The van der Waals surface area contributed by atoms with E-state index in [0.29, 0.717) is 5.69 Å². The molecule has 0 aromatic heterocycles. The highest BCUT2D eigenvalue weighted by Crippen LogP contribution is 2.52. The number of allylic oxidation sites excluding steroid dienone is 2. The maximum absolute atomic E-state index is 12.9. The Kier molecular flexibility index (Phi) is 4.03. The van der Waals surface area contributed by atoms with E-state index in [1.54, 1.807) is 0 Å². The minimum atomic E-state index is -0.345. The number of hydrogen-bond acceptors (Lipinski definition) is 4. The quantitative estimate of drug-likeness (QED) is 0.618. The lowest BCUT2D eigenvalue weighted by Gasteiger charge is -2.23. The summed E-state index contributed by atoms with van der Waals surface area (Å²) in [6.45, 7) is 0.615. The van der Waals surface area contributed by atoms with Gasteiger partial charge in [-0.25, -0.2) is 0 Å². The van der Waals surface area contributed by atoms with Gasteiger partial charge in [-0.1, -0.05) is 42.5 Å². The summed E-state index contributed by atoms with van der Waals surface area (Å²) < 4.78 is 0. The summed E-state index contributed by atoms with van der Waals surface area (Å²) in [5.74, 6) is -0.979. The number of nitrogens with zero attached hydrogens (tertiary/aromatic N) is 2. The van der Waals surface area contributed by atoms with Gasteiger partial charge in [-0.05, 0) is 48.4 Å². The molecule has 31 heavy (non-hydrogen) atoms. The third-order valence-corrected chi connectivity index (χ3v) is 7.22. The first-order valence-electron chi connectivity index (χ1n) is 10.9. The highest BCUT2D eigenvalue weighted by Gasteiger charge is 2.59. The van der Waals surface area contributed by atoms with Crippen LogP contribution < -0.4 is 10.2 Å². The van der Waals surface area contributed by atoms with E-state index in [9.17, 15) is 14.4 Å². The number of para-hydroxylation sites is 3. The van der Waals surface area contributed by atoms with Crippen molar-refractivity contribution in [2.45, 2.75) is 12.8 Å². The molecular weight excluding hydrogens is 390 g/mol. The van der Waals surface area contributed by atoms with Crippen molar-refractivity contribution in [3.63, 3.8) is 0 Å². The van der Waals surface area contributed by atoms with E-state index < -0.39 is 0 Å². The molecule has 2 aromatic rings. The molecule has 1 saturated carbocycles. The molecule has 2 aliphatic heterocycles. The van der Waals surface area contributed by atoms with Crippen LogP contribution in [0.1, 0.15) is 12.0 Å². The van der Waals surface area contributed by atoms with Crippen LogP contribution in [0.4, 0.5) is 17.1 Å². The fraction of sp³-hybridized carbons (Fsp3) is 0.320. The fourth-order valence-electron chi connectivity index (χ4n) is 5.86. The van der Waals surface area contributed by atoms with Crippen LogP contribution in [-0.2, 0) is 20.8 Å². The van der Waals surface area contributed by atoms with E-state index in [4.69, 9.17) is 0 Å². The summed E-state index contributed by atoms with van der Waals surface area (Å²) >= 11 is 0. The topological polar surface area (TPSA) is 69.7 Å². The van der Waals surface area contributed by atoms with Gasteiger partial charge in [0.15, 0.2) is 0 Å². The van der Waals surface area contributed by atoms with E-state index in [1.807, 2.05) is 36.4 Å². The van der Waals surface area contributed by atoms with Crippen LogP contribution in [0.25, 0.3) is 0 Å². The number of carbonyl (C=O) groups excluding carboxylic acids is 3. The number of fused-ring (bicyclic) bond motifs is 6. The van der Waals surface area contributed by atoms with Crippen LogP contribution in [0.5, 0.6) is 0 Å². The van der Waals surface area contributed by atoms with Crippen molar-refractivity contribution >= 4 is 34.8 Å². The lowest BCUT2D eigenvalue weighted by Crippen LogP contribution is -2.39. The Hall–Kier alpha value is -3.41. The van der Waals surface area contributed by atoms with Crippen molar-refractivity contribution in [3.05, 3.63) is 66.2 Å². The van der Waals surface area contributed by atoms with E-state index in [0.717, 1.165) is 30.8 Å². The molecule has 3 amide bonds. The van der Waals surface area contributed by atoms with E-state index in [1.165, 1.54) is 10.5 Å². The fourth-order valence-corrected chi connectivity index (χ4v) is 5.86. The van der Waals surface area contributed by atoms with Crippen LogP contribution in [0.15, 0.2) is 60.7 Å². The summed E-state index contributed by atoms with van der Waals surface area (Å²) in [5.41, 5.74) is 4.03. The van der Waals surface area contributed by atoms with Gasteiger partial charge in [0.25, 0.3) is 0 Å². The molecular formula is C25H23N3O3. The average molecular weight is 413 g/mol. The minimum Gasteiger partial charge on any atom is -0.339 e. The molecule has 156 valence electrons. The molecule has 0 radical (unpaired) electrons. The van der Waals surface area contributed by atoms with Crippen molar-refractivity contribution in [1.29, 1.82) is 0 Å². The number of benzene rings is 2. The molecule has 6 nitrogen and oxygen atoms in total. The molecule has 6 rings (SSSR count). The van der Waals surface area contributed by atoms with Crippen LogP contribution in [0.2, 0.25) is 0 Å². The second kappa shape index (κ2) is 6.80. The largest absolute Gasteiger partial charge is 0.339 e. The second-order valence-corrected chi connectivity index (χ2v) is 8.86. The first kappa shape index (κ1) is 18.4. The van der Waals surface area contributed by atoms with Crippen LogP contribution in [0, 0.1) is 23.7 Å². The average Bonchev–Trinajstić information content (AvgIpc) is 3.54. The van der Waals surface area contributed by atoms with Crippen molar-refractivity contribution in [1.82, 2.24) is 4.90 Å². The molecule has 0 unspecified atom stereocenters. The zero-order valence-electron chi connectivity index (χ0n) is 17.0. The normalized spacial score (nSPS) is 27.7. The van der Waals surface area contributed by atoms with E-state index in [2.05, 4.69) is 34.5 Å². The van der Waals surface area contributed by atoms with Crippen molar-refractivity contribution in [2.75, 3.05) is 23.3 Å². The Bertz CT molecular complexity index is 1110. The molecule has 2 aromatic carbocycles. The lowest BCUT2D eigenvalue weighted by molar-refractivity contribution is -0.143. The molecule has 6 heteroatoms. The second-order valence-electron chi connectivity index (χ2n) is 8.86. The molecule has 4 atom stereocenters. The summed E-state index contributed by atoms with van der Waals surface area (Å²) in [6, 6.07) is 15.9. The van der Waals surface area contributed by atoms with Gasteiger partial charge in [0.05, 0.1) is 23.2 Å². The number of nitrogens with one attached hydrogen (secondary N) is 1. The Morgan fingerprint density at radius 1 is 0.903 bits per heavy atom. The van der Waals surface area contributed by atoms with Crippen molar-refractivity contribution < 1.29 is 14.4 Å². The molecule has 1 saturated heterocycles. The number of anilines is 3. The van der Waals surface area contributed by atoms with Gasteiger partial charge < -0.3 is 10.2 Å². The van der Waals surface area contributed by atoms with Gasteiger partial charge in [0.1, 0.15) is 6.54 Å². The zero-order valence-corrected chi connectivity index (χ0v) is 17.0. The highest BCUT2D eigenvalue weighted by molar-refractivity contribution is 6.10. The number of imide groups is 1. The predicted molar refractivity (Wildman–Crippen MR) is 117 cm³/mol. The Morgan fingerprint density at radius 3 is 2.29 bits per heavy atom. The molecule has 4 aliphatic rings. The van der Waals surface area contributed by atoms with Gasteiger partial charge in [-0.15, -0.1) is 0 Å². The maximum Gasteiger partial charge on any atom is 0.244 e. The molecule has 0 spiro atoms. The molecule has 1 N–H and O–H groups in total. The maximum atomic E-state index is 12.9. The zero-order chi connectivity index (χ0) is 21.1. The molecule has 2 bridgehead atoms. The molecule has 2 aliphatic carbocycles. The van der Waals surface area contributed by atoms with Gasteiger partial charge in [0.2, 0.25) is 17.7 Å². The van der Waals surface area contributed by atoms with Crippen LogP contribution in [0.3, 0.4) is 0 Å². The number of likely N-dealkylation sites (tertiary alicyclic amines) is 1. The minimum absolute atomic E-state index is 0.149. The molecule has 2 fully saturated rings. The summed E-state index contributed by atoms with van der Waals surface area (Å²) in [6.07, 6.45) is 5.96. The van der Waals surface area contributed by atoms with E-state index in [-0.39, 0.29) is 47.9 Å². The summed E-state index contributed by atoms with van der Waals surface area (Å²) in [4.78, 5) is 42.0. The third-order valence-electron chi connectivity index (χ3n) is 7.22. The Labute approximate surface area is 180 Å². The Morgan fingerprint density at radius 2 is 1.55 bits per heavy atom. The van der Waals surface area contributed by atoms with Gasteiger partial charge in [0, 0.05) is 12.2 Å². The number of carbonyl (C=O) groups is 3. The number of rotatable bonds is 4. The van der Waals surface area contributed by atoms with Crippen LogP contribution >= 0.6 is 0 Å².